The van der Waals surface area contributed by atoms with E-state index in [4.69, 9.17) is 9.47 Å². The minimum absolute atomic E-state index is 0.0616. The summed E-state index contributed by atoms with van der Waals surface area (Å²) in [7, 11) is 1.61. The molecule has 0 fully saturated rings. The number of methoxy groups -OCH3 is 1. The highest BCUT2D eigenvalue weighted by Gasteiger charge is 2.25. The van der Waals surface area contributed by atoms with Crippen molar-refractivity contribution in [1.29, 1.82) is 0 Å². The minimum atomic E-state index is -0.629. The van der Waals surface area contributed by atoms with E-state index in [1.807, 2.05) is 26.0 Å². The fourth-order valence-electron chi connectivity index (χ4n) is 2.04. The van der Waals surface area contributed by atoms with Crippen molar-refractivity contribution in [1.82, 2.24) is 5.32 Å². The molecule has 1 unspecified atom stereocenters. The number of benzene rings is 1. The number of hydrogen-bond donors (Lipinski definition) is 3. The van der Waals surface area contributed by atoms with Gasteiger partial charge >= 0.3 is 0 Å². The van der Waals surface area contributed by atoms with Gasteiger partial charge in [0.05, 0.1) is 13.7 Å². The molecular formula is C16H27NO4. The van der Waals surface area contributed by atoms with Crippen LogP contribution in [0, 0.1) is 0 Å². The Balaban J connectivity index is 2.37. The molecule has 0 saturated carbocycles. The molecule has 5 heteroatoms. The number of aliphatic hydroxyl groups excluding tert-OH is 2. The number of nitrogens with one attached hydrogen (secondary N) is 1. The highest BCUT2D eigenvalue weighted by molar-refractivity contribution is 5.31. The molecular weight excluding hydrogens is 270 g/mol. The summed E-state index contributed by atoms with van der Waals surface area (Å²) in [6, 6.07) is 7.22. The number of hydrogen-bond acceptors (Lipinski definition) is 5. The monoisotopic (exact) mass is 297 g/mol. The van der Waals surface area contributed by atoms with Crippen LogP contribution < -0.4 is 14.8 Å². The zero-order valence-electron chi connectivity index (χ0n) is 13.1. The van der Waals surface area contributed by atoms with Gasteiger partial charge in [0.2, 0.25) is 0 Å². The molecule has 1 aromatic carbocycles. The zero-order valence-corrected chi connectivity index (χ0v) is 13.1. The van der Waals surface area contributed by atoms with Crippen LogP contribution in [0.4, 0.5) is 0 Å². The quantitative estimate of drug-likeness (QED) is 0.611. The largest absolute Gasteiger partial charge is 0.497 e. The first-order valence-electron chi connectivity index (χ1n) is 7.40. The maximum atomic E-state index is 9.97. The lowest BCUT2D eigenvalue weighted by atomic mass is 9.94. The van der Waals surface area contributed by atoms with E-state index in [1.54, 1.807) is 19.2 Å². The summed E-state index contributed by atoms with van der Waals surface area (Å²) in [6.07, 6.45) is 0.995. The molecule has 0 saturated heterocycles. The van der Waals surface area contributed by atoms with E-state index in [2.05, 4.69) is 5.32 Å². The smallest absolute Gasteiger partial charge is 0.119 e. The van der Waals surface area contributed by atoms with Gasteiger partial charge in [0.25, 0.3) is 0 Å². The zero-order chi connectivity index (χ0) is 15.7. The van der Waals surface area contributed by atoms with Crippen molar-refractivity contribution in [2.24, 2.45) is 0 Å². The van der Waals surface area contributed by atoms with Gasteiger partial charge in [-0.25, -0.2) is 0 Å². The van der Waals surface area contributed by atoms with Gasteiger partial charge in [0.15, 0.2) is 0 Å². The maximum Gasteiger partial charge on any atom is 0.119 e. The first-order valence-corrected chi connectivity index (χ1v) is 7.40. The summed E-state index contributed by atoms with van der Waals surface area (Å²) in [6.45, 7) is 4.69. The van der Waals surface area contributed by atoms with Crippen LogP contribution in [0.5, 0.6) is 11.5 Å². The second kappa shape index (κ2) is 8.87. The first-order chi connectivity index (χ1) is 10.1. The Morgan fingerprint density at radius 2 is 1.71 bits per heavy atom. The molecule has 120 valence electrons. The molecule has 0 aliphatic rings. The lowest BCUT2D eigenvalue weighted by molar-refractivity contribution is 0.0812. The Hall–Kier alpha value is -1.30. The third kappa shape index (κ3) is 5.53. The van der Waals surface area contributed by atoms with Crippen molar-refractivity contribution in [2.75, 3.05) is 26.9 Å². The molecule has 0 bridgehead atoms. The van der Waals surface area contributed by atoms with Crippen molar-refractivity contribution in [3.05, 3.63) is 24.3 Å². The average Bonchev–Trinajstić information content (AvgIpc) is 2.55. The summed E-state index contributed by atoms with van der Waals surface area (Å²) in [4.78, 5) is 0. The Morgan fingerprint density at radius 1 is 1.14 bits per heavy atom. The van der Waals surface area contributed by atoms with Crippen molar-refractivity contribution >= 4 is 0 Å². The lowest BCUT2D eigenvalue weighted by Gasteiger charge is -2.32. The molecule has 1 atom stereocenters. The molecule has 3 N–H and O–H groups in total. The lowest BCUT2D eigenvalue weighted by Crippen LogP contribution is -2.50. The van der Waals surface area contributed by atoms with Gasteiger partial charge in [-0.05, 0) is 37.1 Å². The number of ether oxygens (including phenoxy) is 2. The molecule has 0 radical (unpaired) electrons. The highest BCUT2D eigenvalue weighted by atomic mass is 16.5. The predicted molar refractivity (Wildman–Crippen MR) is 82.9 cm³/mol. The van der Waals surface area contributed by atoms with Gasteiger partial charge in [-0.1, -0.05) is 13.8 Å². The van der Waals surface area contributed by atoms with Crippen molar-refractivity contribution < 1.29 is 19.7 Å². The van der Waals surface area contributed by atoms with Gasteiger partial charge in [0, 0.05) is 12.1 Å². The number of aliphatic hydroxyl groups is 2. The average molecular weight is 297 g/mol. The summed E-state index contributed by atoms with van der Waals surface area (Å²) in [5.74, 6) is 1.46. The van der Waals surface area contributed by atoms with Crippen LogP contribution in [0.2, 0.25) is 0 Å². The third-order valence-corrected chi connectivity index (χ3v) is 3.87. The minimum Gasteiger partial charge on any atom is -0.497 e. The fourth-order valence-corrected chi connectivity index (χ4v) is 2.04. The Bertz CT molecular complexity index is 382. The Labute approximate surface area is 126 Å². The summed E-state index contributed by atoms with van der Waals surface area (Å²) >= 11 is 0. The standard InChI is InChI=1S/C16H27NO4/c1-4-16(5-2,12-18)17-10-13(19)11-21-15-8-6-14(20-3)7-9-15/h6-9,13,17-19H,4-5,10-12H2,1-3H3. The van der Waals surface area contributed by atoms with Crippen LogP contribution >= 0.6 is 0 Å². The van der Waals surface area contributed by atoms with Gasteiger partial charge in [-0.15, -0.1) is 0 Å². The summed E-state index contributed by atoms with van der Waals surface area (Å²) in [5, 5.41) is 22.7. The van der Waals surface area contributed by atoms with Crippen LogP contribution in [0.25, 0.3) is 0 Å². The molecule has 0 aliphatic carbocycles. The van der Waals surface area contributed by atoms with E-state index in [0.717, 1.165) is 18.6 Å². The molecule has 1 aromatic rings. The molecule has 0 aliphatic heterocycles. The van der Waals surface area contributed by atoms with E-state index in [-0.39, 0.29) is 18.8 Å². The molecule has 0 aromatic heterocycles. The molecule has 0 heterocycles. The topological polar surface area (TPSA) is 71.0 Å². The van der Waals surface area contributed by atoms with Crippen LogP contribution in [0.3, 0.4) is 0 Å². The third-order valence-electron chi connectivity index (χ3n) is 3.87. The van der Waals surface area contributed by atoms with Gasteiger partial charge in [-0.3, -0.25) is 0 Å². The normalized spacial score (nSPS) is 13.0. The summed E-state index contributed by atoms with van der Waals surface area (Å²) in [5.41, 5.74) is -0.318. The van der Waals surface area contributed by atoms with Gasteiger partial charge in [-0.2, -0.15) is 0 Å². The number of rotatable bonds is 10. The van der Waals surface area contributed by atoms with E-state index < -0.39 is 6.10 Å². The predicted octanol–water partition coefficient (Wildman–Crippen LogP) is 1.58. The van der Waals surface area contributed by atoms with Crippen LogP contribution in [-0.4, -0.2) is 48.7 Å². The second-order valence-electron chi connectivity index (χ2n) is 5.17. The van der Waals surface area contributed by atoms with E-state index >= 15 is 0 Å². The maximum absolute atomic E-state index is 9.97. The van der Waals surface area contributed by atoms with Gasteiger partial charge < -0.3 is 25.0 Å². The van der Waals surface area contributed by atoms with Crippen molar-refractivity contribution in [3.63, 3.8) is 0 Å². The van der Waals surface area contributed by atoms with Crippen molar-refractivity contribution in [3.8, 4) is 11.5 Å². The SMILES string of the molecule is CCC(CC)(CO)NCC(O)COc1ccc(OC)cc1. The highest BCUT2D eigenvalue weighted by Crippen LogP contribution is 2.17. The van der Waals surface area contributed by atoms with Crippen LogP contribution in [0.1, 0.15) is 26.7 Å². The van der Waals surface area contributed by atoms with Crippen LogP contribution in [-0.2, 0) is 0 Å². The molecule has 0 spiro atoms. The van der Waals surface area contributed by atoms with E-state index in [9.17, 15) is 10.2 Å². The number of β-amino-alcohol motifs (C(OH)–C–C–N with tert-alkyl or cyclic N) is 1. The van der Waals surface area contributed by atoms with Crippen LogP contribution in [0.15, 0.2) is 24.3 Å². The summed E-state index contributed by atoms with van der Waals surface area (Å²) < 4.78 is 10.6. The molecule has 21 heavy (non-hydrogen) atoms. The molecule has 0 amide bonds. The van der Waals surface area contributed by atoms with Crippen molar-refractivity contribution in [2.45, 2.75) is 38.3 Å². The van der Waals surface area contributed by atoms with E-state index in [1.165, 1.54) is 0 Å². The van der Waals surface area contributed by atoms with Gasteiger partial charge in [0.1, 0.15) is 24.2 Å². The second-order valence-corrected chi connectivity index (χ2v) is 5.17. The Kier molecular flexibility index (Phi) is 7.50. The molecule has 5 nitrogen and oxygen atoms in total. The molecule has 1 rings (SSSR count). The van der Waals surface area contributed by atoms with E-state index in [0.29, 0.717) is 12.3 Å². The Morgan fingerprint density at radius 3 is 2.19 bits per heavy atom. The fraction of sp³-hybridized carbons (Fsp3) is 0.625. The first kappa shape index (κ1) is 17.8.